The molecular formula is C37H39N3O10S. The third-order valence-corrected chi connectivity index (χ3v) is 10.6. The summed E-state index contributed by atoms with van der Waals surface area (Å²) in [6.45, 7) is -0.525. The first-order valence-corrected chi connectivity index (χ1v) is 17.8. The second kappa shape index (κ2) is 15.8. The summed E-state index contributed by atoms with van der Waals surface area (Å²) < 4.78 is 56.2. The maximum absolute atomic E-state index is 13.5. The van der Waals surface area contributed by atoms with Gasteiger partial charge in [-0.1, -0.05) is 12.1 Å². The lowest BCUT2D eigenvalue weighted by molar-refractivity contribution is -0.146. The molecule has 0 saturated carbocycles. The number of carbonyl (C=O) groups is 1. The molecule has 0 aliphatic carbocycles. The monoisotopic (exact) mass is 717 g/mol. The lowest BCUT2D eigenvalue weighted by atomic mass is 9.93. The number of aromatic amines is 1. The van der Waals surface area contributed by atoms with Gasteiger partial charge in [-0.3, -0.25) is 9.59 Å². The van der Waals surface area contributed by atoms with Gasteiger partial charge in [-0.2, -0.15) is 4.31 Å². The number of hydrogen-bond donors (Lipinski definition) is 3. The van der Waals surface area contributed by atoms with E-state index in [0.29, 0.717) is 28.7 Å². The fourth-order valence-electron chi connectivity index (χ4n) is 6.02. The number of aromatic nitrogens is 1. The average Bonchev–Trinajstić information content (AvgIpc) is 3.56. The first-order chi connectivity index (χ1) is 24.7. The van der Waals surface area contributed by atoms with Gasteiger partial charge in [-0.05, 0) is 72.7 Å². The van der Waals surface area contributed by atoms with Crippen molar-refractivity contribution in [2.75, 3.05) is 47.1 Å². The molecule has 0 saturated heterocycles. The van der Waals surface area contributed by atoms with E-state index < -0.39 is 34.7 Å². The Hall–Kier alpha value is -5.15. The molecule has 0 bridgehead atoms. The first-order valence-electron chi connectivity index (χ1n) is 16.4. The van der Waals surface area contributed by atoms with E-state index >= 15 is 0 Å². The molecule has 14 heteroatoms. The Kier molecular flexibility index (Phi) is 11.1. The van der Waals surface area contributed by atoms with Crippen molar-refractivity contribution in [3.63, 3.8) is 0 Å². The number of carbonyl (C=O) groups excluding carboxylic acids is 1. The van der Waals surface area contributed by atoms with Crippen molar-refractivity contribution in [2.45, 2.75) is 29.9 Å². The van der Waals surface area contributed by atoms with Crippen LogP contribution in [0.4, 0.5) is 0 Å². The van der Waals surface area contributed by atoms with E-state index in [0.717, 1.165) is 26.5 Å². The smallest absolute Gasteiger partial charge is 0.286 e. The topological polar surface area (TPSA) is 170 Å². The predicted octanol–water partition coefficient (Wildman–Crippen LogP) is 4.06. The van der Waals surface area contributed by atoms with Crippen LogP contribution in [0.25, 0.3) is 21.9 Å². The molecule has 1 amide bonds. The Morgan fingerprint density at radius 3 is 2.55 bits per heavy atom. The van der Waals surface area contributed by atoms with Crippen molar-refractivity contribution >= 4 is 37.8 Å². The number of H-pyrrole nitrogens is 1. The number of hydrogen-bond acceptors (Lipinski definition) is 10. The minimum atomic E-state index is -3.98. The summed E-state index contributed by atoms with van der Waals surface area (Å²) in [5, 5.41) is 13.9. The fraction of sp³-hybridized carbons (Fsp3) is 0.297. The number of methoxy groups -OCH3 is 2. The molecule has 51 heavy (non-hydrogen) atoms. The minimum Gasteiger partial charge on any atom is -0.497 e. The van der Waals surface area contributed by atoms with Crippen molar-refractivity contribution in [3.8, 4) is 11.5 Å². The lowest BCUT2D eigenvalue weighted by Gasteiger charge is -2.30. The van der Waals surface area contributed by atoms with Gasteiger partial charge in [0.25, 0.3) is 5.91 Å². The summed E-state index contributed by atoms with van der Waals surface area (Å²) in [5.74, 6) is 0.0774. The molecular weight excluding hydrogens is 678 g/mol. The van der Waals surface area contributed by atoms with Crippen LogP contribution < -0.4 is 20.2 Å². The van der Waals surface area contributed by atoms with Crippen molar-refractivity contribution in [2.24, 2.45) is 0 Å². The average molecular weight is 718 g/mol. The number of aliphatic hydroxyl groups excluding tert-OH is 1. The number of rotatable bonds is 15. The molecule has 5 aromatic rings. The number of benzene rings is 3. The molecule has 6 rings (SSSR count). The Bertz CT molecular complexity index is 2190. The van der Waals surface area contributed by atoms with Crippen LogP contribution in [-0.4, -0.2) is 82.1 Å². The molecule has 0 spiro atoms. The summed E-state index contributed by atoms with van der Waals surface area (Å²) in [4.78, 5) is 30.3. The molecule has 2 aromatic heterocycles. The summed E-state index contributed by atoms with van der Waals surface area (Å²) in [5.41, 5.74) is 2.46. The zero-order valence-corrected chi connectivity index (χ0v) is 29.0. The molecule has 1 aliphatic rings. The van der Waals surface area contributed by atoms with Crippen LogP contribution in [0.15, 0.2) is 105 Å². The van der Waals surface area contributed by atoms with Crippen molar-refractivity contribution in [1.82, 2.24) is 14.6 Å². The number of nitrogens with zero attached hydrogens (tertiary/aromatic N) is 1. The highest BCUT2D eigenvalue weighted by atomic mass is 32.2. The van der Waals surface area contributed by atoms with E-state index in [1.54, 1.807) is 37.5 Å². The Morgan fingerprint density at radius 1 is 1.02 bits per heavy atom. The van der Waals surface area contributed by atoms with Gasteiger partial charge in [0.15, 0.2) is 11.2 Å². The standard InChI is InChI=1S/C37H39N3O10S/c1-46-26-7-10-28(11-8-26)51(44,45)40(15-17-41)16-18-48-35-20-25(31-23-49-33-6-4-3-5-29(33)36(31)42)19-34(50-35)37(43)38-14-13-24-22-39-32-12-9-27(47-2)21-30(24)32/h3-12,19,21-23,25,35,39,41H,13-18,20H2,1-2H3,(H,38,43)/t25-,35+/m1/s1. The van der Waals surface area contributed by atoms with Gasteiger partial charge in [-0.15, -0.1) is 0 Å². The number of fused-ring (bicyclic) bond motifs is 2. The molecule has 3 N–H and O–H groups in total. The molecule has 268 valence electrons. The SMILES string of the molecule is COc1ccc(S(=O)(=O)N(CCO)CCO[C@@H]2C[C@H](c3coc4ccccc4c3=O)C=C(C(=O)NCCc3c[nH]c4ccc(OC)cc34)O2)cc1. The van der Waals surface area contributed by atoms with Crippen LogP contribution in [0.2, 0.25) is 0 Å². The number of aliphatic hydroxyl groups is 1. The van der Waals surface area contributed by atoms with Gasteiger partial charge in [0.1, 0.15) is 17.1 Å². The zero-order valence-electron chi connectivity index (χ0n) is 28.2. The molecule has 0 unspecified atom stereocenters. The molecule has 0 radical (unpaired) electrons. The van der Waals surface area contributed by atoms with E-state index in [-0.39, 0.29) is 48.7 Å². The van der Waals surface area contributed by atoms with E-state index in [2.05, 4.69) is 10.3 Å². The summed E-state index contributed by atoms with van der Waals surface area (Å²) >= 11 is 0. The zero-order chi connectivity index (χ0) is 36.0. The van der Waals surface area contributed by atoms with E-state index in [9.17, 15) is 23.1 Å². The maximum atomic E-state index is 13.5. The molecule has 2 atom stereocenters. The number of nitrogens with one attached hydrogen (secondary N) is 2. The van der Waals surface area contributed by atoms with Crippen LogP contribution in [0, 0.1) is 0 Å². The van der Waals surface area contributed by atoms with Gasteiger partial charge < -0.3 is 38.8 Å². The summed E-state index contributed by atoms with van der Waals surface area (Å²) in [6, 6.07) is 18.5. The van der Waals surface area contributed by atoms with Gasteiger partial charge in [0, 0.05) is 54.6 Å². The lowest BCUT2D eigenvalue weighted by Crippen LogP contribution is -2.38. The summed E-state index contributed by atoms with van der Waals surface area (Å²) in [7, 11) is -0.897. The highest BCUT2D eigenvalue weighted by Gasteiger charge is 2.32. The van der Waals surface area contributed by atoms with E-state index in [4.69, 9.17) is 23.4 Å². The molecule has 3 aromatic carbocycles. The van der Waals surface area contributed by atoms with Gasteiger partial charge in [0.05, 0.1) is 44.0 Å². The third kappa shape index (κ3) is 7.94. The molecule has 1 aliphatic heterocycles. The normalized spacial score (nSPS) is 16.2. The van der Waals surface area contributed by atoms with Crippen molar-refractivity contribution < 1.29 is 41.7 Å². The Balaban J connectivity index is 1.18. The largest absolute Gasteiger partial charge is 0.497 e. The van der Waals surface area contributed by atoms with Crippen LogP contribution in [0.3, 0.4) is 0 Å². The quantitative estimate of drug-likeness (QED) is 0.144. The van der Waals surface area contributed by atoms with Crippen LogP contribution >= 0.6 is 0 Å². The van der Waals surface area contributed by atoms with Crippen molar-refractivity contribution in [3.05, 3.63) is 112 Å². The third-order valence-electron chi connectivity index (χ3n) is 8.73. The number of allylic oxidation sites excluding steroid dienone is 1. The second-order valence-electron chi connectivity index (χ2n) is 11.8. The van der Waals surface area contributed by atoms with Gasteiger partial charge in [-0.25, -0.2) is 8.42 Å². The fourth-order valence-corrected chi connectivity index (χ4v) is 7.43. The molecule has 0 fully saturated rings. The first kappa shape index (κ1) is 35.7. The van der Waals surface area contributed by atoms with Gasteiger partial charge in [0.2, 0.25) is 16.3 Å². The Morgan fingerprint density at radius 2 is 1.78 bits per heavy atom. The highest BCUT2D eigenvalue weighted by molar-refractivity contribution is 7.89. The molecule has 3 heterocycles. The van der Waals surface area contributed by atoms with Gasteiger partial charge >= 0.3 is 0 Å². The van der Waals surface area contributed by atoms with Crippen LogP contribution in [0.1, 0.15) is 23.5 Å². The Labute approximate surface area is 294 Å². The van der Waals surface area contributed by atoms with Crippen molar-refractivity contribution in [1.29, 1.82) is 0 Å². The van der Waals surface area contributed by atoms with E-state index in [1.165, 1.54) is 37.6 Å². The van der Waals surface area contributed by atoms with Crippen LogP contribution in [-0.2, 0) is 30.7 Å². The minimum absolute atomic E-state index is 0.0300. The number of para-hydroxylation sites is 1. The summed E-state index contributed by atoms with van der Waals surface area (Å²) in [6.07, 6.45) is 4.53. The second-order valence-corrected chi connectivity index (χ2v) is 13.8. The highest BCUT2D eigenvalue weighted by Crippen LogP contribution is 2.31. The maximum Gasteiger partial charge on any atom is 0.286 e. The number of ether oxygens (including phenoxy) is 4. The predicted molar refractivity (Wildman–Crippen MR) is 189 cm³/mol. The van der Waals surface area contributed by atoms with E-state index in [1.807, 2.05) is 24.4 Å². The number of sulfonamides is 1. The van der Waals surface area contributed by atoms with Crippen LogP contribution in [0.5, 0.6) is 11.5 Å². The number of amides is 1. The molecule has 13 nitrogen and oxygen atoms in total.